The van der Waals surface area contributed by atoms with E-state index in [9.17, 15) is 4.79 Å². The molecule has 0 aliphatic carbocycles. The van der Waals surface area contributed by atoms with Gasteiger partial charge in [0, 0.05) is 12.0 Å². The number of aromatic nitrogens is 1. The zero-order chi connectivity index (χ0) is 10.6. The Bertz CT molecular complexity index is 315. The number of rotatable bonds is 5. The lowest BCUT2D eigenvalue weighted by atomic mass is 10.2. The highest BCUT2D eigenvalue weighted by Crippen LogP contribution is 2.26. The van der Waals surface area contributed by atoms with Crippen LogP contribution < -0.4 is 0 Å². The van der Waals surface area contributed by atoms with Crippen molar-refractivity contribution in [2.45, 2.75) is 19.4 Å². The van der Waals surface area contributed by atoms with Crippen molar-refractivity contribution in [1.82, 2.24) is 4.98 Å². The van der Waals surface area contributed by atoms with Gasteiger partial charge in [-0.2, -0.15) is 0 Å². The van der Waals surface area contributed by atoms with Crippen molar-refractivity contribution >= 4 is 33.2 Å². The highest BCUT2D eigenvalue weighted by atomic mass is 79.9. The summed E-state index contributed by atoms with van der Waals surface area (Å²) in [4.78, 5) is 14.7. The predicted molar refractivity (Wildman–Crippen MR) is 56.4 cm³/mol. The minimum atomic E-state index is -0.880. The van der Waals surface area contributed by atoms with Crippen LogP contribution in [0, 0.1) is 0 Å². The summed E-state index contributed by atoms with van der Waals surface area (Å²) in [6.07, 6.45) is -0.484. The summed E-state index contributed by atoms with van der Waals surface area (Å²) in [5.41, 5.74) is 0. The molecule has 0 spiro atoms. The van der Waals surface area contributed by atoms with Crippen molar-refractivity contribution in [1.29, 1.82) is 0 Å². The number of carboxylic acids is 1. The third kappa shape index (κ3) is 3.36. The number of carboxylic acid groups (broad SMARTS) is 1. The Labute approximate surface area is 94.1 Å². The van der Waals surface area contributed by atoms with Gasteiger partial charge in [-0.15, -0.1) is 11.3 Å². The molecule has 1 N–H and O–H groups in total. The minimum Gasteiger partial charge on any atom is -0.481 e. The van der Waals surface area contributed by atoms with Crippen LogP contribution in [-0.2, 0) is 9.53 Å². The molecule has 1 rings (SSSR count). The van der Waals surface area contributed by atoms with Crippen LogP contribution in [0.2, 0.25) is 0 Å². The molecule has 1 aromatic heterocycles. The zero-order valence-electron chi connectivity index (χ0n) is 7.57. The quantitative estimate of drug-likeness (QED) is 0.900. The number of ether oxygens (including phenoxy) is 1. The topological polar surface area (TPSA) is 59.4 Å². The van der Waals surface area contributed by atoms with Crippen molar-refractivity contribution in [2.75, 3.05) is 6.61 Å². The van der Waals surface area contributed by atoms with Crippen molar-refractivity contribution < 1.29 is 14.6 Å². The second kappa shape index (κ2) is 5.43. The maximum atomic E-state index is 10.5. The average molecular weight is 280 g/mol. The lowest BCUT2D eigenvalue weighted by molar-refractivity contribution is -0.140. The molecule has 6 heteroatoms. The Balaban J connectivity index is 2.71. The Morgan fingerprint density at radius 2 is 2.57 bits per heavy atom. The van der Waals surface area contributed by atoms with Crippen LogP contribution in [0.5, 0.6) is 0 Å². The molecule has 0 fully saturated rings. The SMILES string of the molecule is CCOC(CC(=O)O)c1nc(Br)cs1. The molecule has 0 bridgehead atoms. The maximum absolute atomic E-state index is 10.5. The Morgan fingerprint density at radius 3 is 3.00 bits per heavy atom. The maximum Gasteiger partial charge on any atom is 0.306 e. The molecule has 0 aliphatic rings. The molecule has 1 aromatic rings. The van der Waals surface area contributed by atoms with Crippen molar-refractivity contribution in [3.05, 3.63) is 15.0 Å². The molecular formula is C8H10BrNO3S. The Kier molecular flexibility index (Phi) is 4.50. The van der Waals surface area contributed by atoms with E-state index in [0.717, 1.165) is 0 Å². The summed E-state index contributed by atoms with van der Waals surface area (Å²) in [6, 6.07) is 0. The number of hydrogen-bond donors (Lipinski definition) is 1. The third-order valence-corrected chi connectivity index (χ3v) is 3.14. The van der Waals surface area contributed by atoms with E-state index in [1.54, 1.807) is 0 Å². The summed E-state index contributed by atoms with van der Waals surface area (Å²) in [5, 5.41) is 11.2. The number of nitrogens with zero attached hydrogens (tertiary/aromatic N) is 1. The summed E-state index contributed by atoms with van der Waals surface area (Å²) in [6.45, 7) is 2.31. The first-order chi connectivity index (χ1) is 6.63. The smallest absolute Gasteiger partial charge is 0.306 e. The molecule has 0 aliphatic heterocycles. The molecule has 0 aromatic carbocycles. The number of halogens is 1. The first-order valence-electron chi connectivity index (χ1n) is 4.07. The lowest BCUT2D eigenvalue weighted by Gasteiger charge is -2.11. The zero-order valence-corrected chi connectivity index (χ0v) is 9.97. The van der Waals surface area contributed by atoms with E-state index in [1.807, 2.05) is 12.3 Å². The fraction of sp³-hybridized carbons (Fsp3) is 0.500. The molecule has 0 amide bonds. The third-order valence-electron chi connectivity index (χ3n) is 1.50. The molecule has 4 nitrogen and oxygen atoms in total. The van der Waals surface area contributed by atoms with Gasteiger partial charge in [-0.1, -0.05) is 0 Å². The van der Waals surface area contributed by atoms with Crippen LogP contribution in [-0.4, -0.2) is 22.7 Å². The van der Waals surface area contributed by atoms with E-state index in [4.69, 9.17) is 9.84 Å². The largest absolute Gasteiger partial charge is 0.481 e. The molecule has 1 atom stereocenters. The van der Waals surface area contributed by atoms with Gasteiger partial charge in [0.15, 0.2) is 0 Å². The summed E-state index contributed by atoms with van der Waals surface area (Å²) in [5.74, 6) is -0.880. The highest BCUT2D eigenvalue weighted by Gasteiger charge is 2.18. The van der Waals surface area contributed by atoms with Gasteiger partial charge >= 0.3 is 5.97 Å². The predicted octanol–water partition coefficient (Wildman–Crippen LogP) is 2.46. The number of hydrogen-bond acceptors (Lipinski definition) is 4. The van der Waals surface area contributed by atoms with Gasteiger partial charge in [-0.25, -0.2) is 4.98 Å². The van der Waals surface area contributed by atoms with E-state index in [-0.39, 0.29) is 6.42 Å². The van der Waals surface area contributed by atoms with Crippen LogP contribution in [0.15, 0.2) is 9.98 Å². The molecule has 0 saturated carbocycles. The summed E-state index contributed by atoms with van der Waals surface area (Å²) >= 11 is 4.61. The van der Waals surface area contributed by atoms with Gasteiger partial charge in [-0.3, -0.25) is 4.79 Å². The van der Waals surface area contributed by atoms with Crippen LogP contribution in [0.4, 0.5) is 0 Å². The number of thiazole rings is 1. The van der Waals surface area contributed by atoms with E-state index < -0.39 is 12.1 Å². The second-order valence-electron chi connectivity index (χ2n) is 2.55. The van der Waals surface area contributed by atoms with Crippen LogP contribution in [0.3, 0.4) is 0 Å². The van der Waals surface area contributed by atoms with Crippen LogP contribution >= 0.6 is 27.3 Å². The molecule has 0 saturated heterocycles. The first kappa shape index (κ1) is 11.6. The molecule has 1 unspecified atom stereocenters. The van der Waals surface area contributed by atoms with Crippen LogP contribution in [0.25, 0.3) is 0 Å². The van der Waals surface area contributed by atoms with E-state index >= 15 is 0 Å². The van der Waals surface area contributed by atoms with Crippen molar-refractivity contribution in [3.63, 3.8) is 0 Å². The number of aliphatic carboxylic acids is 1. The van der Waals surface area contributed by atoms with Gasteiger partial charge in [0.2, 0.25) is 0 Å². The van der Waals surface area contributed by atoms with E-state index in [2.05, 4.69) is 20.9 Å². The van der Waals surface area contributed by atoms with Gasteiger partial charge in [0.25, 0.3) is 0 Å². The van der Waals surface area contributed by atoms with Gasteiger partial charge in [-0.05, 0) is 22.9 Å². The highest BCUT2D eigenvalue weighted by molar-refractivity contribution is 9.10. The lowest BCUT2D eigenvalue weighted by Crippen LogP contribution is -2.09. The van der Waals surface area contributed by atoms with E-state index in [0.29, 0.717) is 16.2 Å². The van der Waals surface area contributed by atoms with Crippen molar-refractivity contribution in [2.24, 2.45) is 0 Å². The van der Waals surface area contributed by atoms with Crippen molar-refractivity contribution in [3.8, 4) is 0 Å². The van der Waals surface area contributed by atoms with Gasteiger partial charge in [0.1, 0.15) is 15.7 Å². The summed E-state index contributed by atoms with van der Waals surface area (Å²) < 4.78 is 6.01. The molecule has 0 radical (unpaired) electrons. The van der Waals surface area contributed by atoms with Gasteiger partial charge < -0.3 is 9.84 Å². The van der Waals surface area contributed by atoms with E-state index in [1.165, 1.54) is 11.3 Å². The fourth-order valence-electron chi connectivity index (χ4n) is 0.992. The second-order valence-corrected chi connectivity index (χ2v) is 4.25. The van der Waals surface area contributed by atoms with Gasteiger partial charge in [0.05, 0.1) is 6.42 Å². The average Bonchev–Trinajstić information content (AvgIpc) is 2.50. The standard InChI is InChI=1S/C8H10BrNO3S/c1-2-13-5(3-7(11)12)8-10-6(9)4-14-8/h4-5H,2-3H2,1H3,(H,11,12). The monoisotopic (exact) mass is 279 g/mol. The fourth-order valence-corrected chi connectivity index (χ4v) is 2.31. The molecule has 14 heavy (non-hydrogen) atoms. The molecule has 1 heterocycles. The number of carbonyl (C=O) groups is 1. The molecule has 78 valence electrons. The Morgan fingerprint density at radius 1 is 1.86 bits per heavy atom. The summed E-state index contributed by atoms with van der Waals surface area (Å²) in [7, 11) is 0. The first-order valence-corrected chi connectivity index (χ1v) is 5.75. The minimum absolute atomic E-state index is 0.0478. The normalized spacial score (nSPS) is 12.7. The van der Waals surface area contributed by atoms with Crippen LogP contribution in [0.1, 0.15) is 24.5 Å². The molecular weight excluding hydrogens is 270 g/mol. The Hall–Kier alpha value is -0.460.